The van der Waals surface area contributed by atoms with E-state index >= 15 is 0 Å². The average Bonchev–Trinajstić information content (AvgIpc) is 2.71. The number of nitrogens with zero attached hydrogens (tertiary/aromatic N) is 2. The Hall–Kier alpha value is -2.19. The number of rotatable bonds is 7. The summed E-state index contributed by atoms with van der Waals surface area (Å²) in [6.07, 6.45) is -1.65. The minimum Gasteiger partial charge on any atom is -0.454 e. The van der Waals surface area contributed by atoms with Crippen molar-refractivity contribution < 1.29 is 28.7 Å². The number of hydrogen-bond donors (Lipinski definition) is 1. The van der Waals surface area contributed by atoms with Crippen LogP contribution in [0, 0.1) is 6.57 Å². The first-order valence-electron chi connectivity index (χ1n) is 8.60. The number of amides is 2. The highest BCUT2D eigenvalue weighted by molar-refractivity contribution is 8.13. The van der Waals surface area contributed by atoms with E-state index in [1.165, 1.54) is 6.92 Å². The fraction of sp³-hybridized carbons (Fsp3) is 0.389. The first kappa shape index (κ1) is 25.1. The number of β-lactam (4-membered cyclic amide) rings is 1. The highest BCUT2D eigenvalue weighted by atomic mass is 35.6. The van der Waals surface area contributed by atoms with E-state index in [-0.39, 0.29) is 6.61 Å². The highest BCUT2D eigenvalue weighted by Gasteiger charge is 2.57. The van der Waals surface area contributed by atoms with Crippen molar-refractivity contribution in [2.75, 3.05) is 6.61 Å². The van der Waals surface area contributed by atoms with E-state index in [1.54, 1.807) is 30.3 Å². The van der Waals surface area contributed by atoms with E-state index in [0.29, 0.717) is 17.3 Å². The van der Waals surface area contributed by atoms with Crippen LogP contribution in [-0.2, 0) is 30.5 Å². The summed E-state index contributed by atoms with van der Waals surface area (Å²) in [7, 11) is 0. The minimum atomic E-state index is -1.84. The molecule has 9 nitrogen and oxygen atoms in total. The van der Waals surface area contributed by atoms with Crippen LogP contribution in [0.5, 0.6) is 0 Å². The number of alkyl halides is 3. The molecule has 31 heavy (non-hydrogen) atoms. The van der Waals surface area contributed by atoms with Crippen molar-refractivity contribution >= 4 is 69.6 Å². The predicted octanol–water partition coefficient (Wildman–Crippen LogP) is 2.89. The third kappa shape index (κ3) is 7.18. The van der Waals surface area contributed by atoms with Gasteiger partial charge in [0.1, 0.15) is 24.6 Å². The van der Waals surface area contributed by atoms with Crippen molar-refractivity contribution in [3.05, 3.63) is 47.3 Å². The molecule has 0 radical (unpaired) electrons. The van der Waals surface area contributed by atoms with Crippen LogP contribution in [0.25, 0.3) is 4.85 Å². The van der Waals surface area contributed by atoms with Crippen LogP contribution in [0.3, 0.4) is 0 Å². The van der Waals surface area contributed by atoms with Gasteiger partial charge in [-0.15, -0.1) is 0 Å². The molecule has 1 aromatic carbocycles. The summed E-state index contributed by atoms with van der Waals surface area (Å²) in [6.45, 7) is 7.86. The lowest BCUT2D eigenvalue weighted by molar-refractivity contribution is -0.163. The van der Waals surface area contributed by atoms with E-state index in [2.05, 4.69) is 10.2 Å². The van der Waals surface area contributed by atoms with Gasteiger partial charge in [-0.05, 0) is 17.3 Å². The summed E-state index contributed by atoms with van der Waals surface area (Å²) >= 11 is 17.1. The van der Waals surface area contributed by atoms with Crippen LogP contribution in [0.15, 0.2) is 30.3 Å². The van der Waals surface area contributed by atoms with Gasteiger partial charge in [0.05, 0.1) is 0 Å². The minimum absolute atomic E-state index is 0.105. The molecule has 3 atom stereocenters. The lowest BCUT2D eigenvalue weighted by Gasteiger charge is -2.44. The SMILES string of the molecule is [C-]#[N+]C(C(=O)OCc1ccccc1)N1C(=O)C(NC(C)=O)C1SC(=O)OCC(Cl)(Cl)Cl. The fourth-order valence-electron chi connectivity index (χ4n) is 2.53. The summed E-state index contributed by atoms with van der Waals surface area (Å²) in [6, 6.07) is 7.60. The van der Waals surface area contributed by atoms with Crippen molar-refractivity contribution in [2.24, 2.45) is 0 Å². The second kappa shape index (κ2) is 10.9. The zero-order valence-corrected chi connectivity index (χ0v) is 19.0. The Balaban J connectivity index is 2.10. The Morgan fingerprint density at radius 2 is 1.90 bits per heavy atom. The molecule has 0 aromatic heterocycles. The summed E-state index contributed by atoms with van der Waals surface area (Å²) in [5.74, 6) is -2.24. The number of halogens is 3. The third-order valence-electron chi connectivity index (χ3n) is 3.83. The normalized spacial score (nSPS) is 18.9. The van der Waals surface area contributed by atoms with E-state index < -0.39 is 51.1 Å². The molecule has 0 bridgehead atoms. The van der Waals surface area contributed by atoms with E-state index in [9.17, 15) is 19.2 Å². The monoisotopic (exact) mass is 507 g/mol. The molecule has 0 saturated carbocycles. The van der Waals surface area contributed by atoms with Gasteiger partial charge in [-0.1, -0.05) is 65.1 Å². The summed E-state index contributed by atoms with van der Waals surface area (Å²) < 4.78 is 8.10. The predicted molar refractivity (Wildman–Crippen MR) is 114 cm³/mol. The Morgan fingerprint density at radius 1 is 1.26 bits per heavy atom. The molecule has 2 rings (SSSR count). The van der Waals surface area contributed by atoms with Gasteiger partial charge in [0.2, 0.25) is 9.70 Å². The highest BCUT2D eigenvalue weighted by Crippen LogP contribution is 2.35. The molecule has 166 valence electrons. The van der Waals surface area contributed by atoms with Crippen molar-refractivity contribution in [3.8, 4) is 0 Å². The number of likely N-dealkylation sites (tertiary alicyclic amines) is 1. The van der Waals surface area contributed by atoms with Gasteiger partial charge in [0, 0.05) is 6.92 Å². The summed E-state index contributed by atoms with van der Waals surface area (Å²) in [5, 5.41) is 0.350. The zero-order chi connectivity index (χ0) is 23.2. The third-order valence-corrected chi connectivity index (χ3v) is 5.21. The number of thioether (sulfide) groups is 1. The maximum Gasteiger partial charge on any atom is 0.414 e. The second-order valence-electron chi connectivity index (χ2n) is 6.18. The maximum absolute atomic E-state index is 12.5. The molecule has 1 fully saturated rings. The fourth-order valence-corrected chi connectivity index (χ4v) is 3.67. The number of nitrogens with one attached hydrogen (secondary N) is 1. The van der Waals surface area contributed by atoms with E-state index in [1.807, 2.05) is 0 Å². The van der Waals surface area contributed by atoms with E-state index in [4.69, 9.17) is 50.8 Å². The molecule has 2 amide bonds. The van der Waals surface area contributed by atoms with Crippen LogP contribution in [-0.4, -0.2) is 56.0 Å². The average molecular weight is 509 g/mol. The first-order valence-corrected chi connectivity index (χ1v) is 10.6. The van der Waals surface area contributed by atoms with Crippen molar-refractivity contribution in [2.45, 2.75) is 34.9 Å². The van der Waals surface area contributed by atoms with Crippen LogP contribution in [0.2, 0.25) is 0 Å². The number of carbonyl (C=O) groups excluding carboxylic acids is 4. The Labute approximate surface area is 197 Å². The smallest absolute Gasteiger partial charge is 0.414 e. The van der Waals surface area contributed by atoms with Gasteiger partial charge < -0.3 is 14.8 Å². The van der Waals surface area contributed by atoms with Crippen molar-refractivity contribution in [1.82, 2.24) is 10.2 Å². The van der Waals surface area contributed by atoms with Gasteiger partial charge in [-0.3, -0.25) is 14.4 Å². The van der Waals surface area contributed by atoms with Crippen molar-refractivity contribution in [1.29, 1.82) is 0 Å². The Bertz CT molecular complexity index is 890. The standard InChI is InChI=1S/C18H16Cl3N3O6S/c1-10(25)23-12-14(26)24(15(12)31-17(28)30-9-18(19,20)21)13(22-2)16(27)29-8-11-6-4-3-5-7-11/h3-7,12-13,15H,8-9H2,1H3,(H,23,25). The van der Waals surface area contributed by atoms with Crippen molar-refractivity contribution in [3.63, 3.8) is 0 Å². The molecule has 1 aliphatic heterocycles. The Morgan fingerprint density at radius 3 is 2.45 bits per heavy atom. The van der Waals surface area contributed by atoms with Gasteiger partial charge in [-0.2, -0.15) is 0 Å². The molecule has 13 heteroatoms. The molecule has 0 aliphatic carbocycles. The quantitative estimate of drug-likeness (QED) is 0.261. The van der Waals surface area contributed by atoms with E-state index in [0.717, 1.165) is 4.90 Å². The zero-order valence-electron chi connectivity index (χ0n) is 15.9. The van der Waals surface area contributed by atoms with Crippen LogP contribution in [0.4, 0.5) is 4.79 Å². The molecule has 1 saturated heterocycles. The molecular formula is C18H16Cl3N3O6S. The molecule has 1 aromatic rings. The largest absolute Gasteiger partial charge is 0.454 e. The van der Waals surface area contributed by atoms with Gasteiger partial charge in [0.25, 0.3) is 5.91 Å². The first-order chi connectivity index (χ1) is 14.5. The van der Waals surface area contributed by atoms with Crippen LogP contribution < -0.4 is 5.32 Å². The molecule has 1 N–H and O–H groups in total. The topological polar surface area (TPSA) is 106 Å². The number of hydrogen-bond acceptors (Lipinski definition) is 7. The van der Waals surface area contributed by atoms with Gasteiger partial charge >= 0.3 is 17.4 Å². The van der Waals surface area contributed by atoms with Gasteiger partial charge in [-0.25, -0.2) is 21.1 Å². The number of ether oxygens (including phenoxy) is 2. The Kier molecular flexibility index (Phi) is 8.82. The number of carbonyl (C=O) groups is 4. The molecule has 0 spiro atoms. The summed E-state index contributed by atoms with van der Waals surface area (Å²) in [4.78, 5) is 52.5. The second-order valence-corrected chi connectivity index (χ2v) is 9.75. The number of benzene rings is 1. The lowest BCUT2D eigenvalue weighted by atomic mass is 10.1. The maximum atomic E-state index is 12.5. The molecule has 1 aliphatic rings. The summed E-state index contributed by atoms with van der Waals surface area (Å²) in [5.41, 5.74) is 0.687. The van der Waals surface area contributed by atoms with Crippen LogP contribution >= 0.6 is 46.6 Å². The molecule has 3 unspecified atom stereocenters. The lowest BCUT2D eigenvalue weighted by Crippen LogP contribution is -2.72. The molecule has 1 heterocycles. The van der Waals surface area contributed by atoms with Gasteiger partial charge in [0.15, 0.2) is 0 Å². The van der Waals surface area contributed by atoms with Crippen LogP contribution in [0.1, 0.15) is 12.5 Å². The molecular weight excluding hydrogens is 493 g/mol. The number of esters is 1.